The van der Waals surface area contributed by atoms with E-state index in [1.54, 1.807) is 0 Å². The molecule has 2 unspecified atom stereocenters. The lowest BCUT2D eigenvalue weighted by molar-refractivity contribution is 0.714. The van der Waals surface area contributed by atoms with E-state index in [2.05, 4.69) is 239 Å². The van der Waals surface area contributed by atoms with Crippen molar-refractivity contribution in [2.75, 3.05) is 4.90 Å². The van der Waals surface area contributed by atoms with Crippen LogP contribution in [0.2, 0.25) is 0 Å². The second-order valence-corrected chi connectivity index (χ2v) is 17.9. The average molecular weight is 814 g/mol. The second-order valence-electron chi connectivity index (χ2n) is 17.9. The van der Waals surface area contributed by atoms with Crippen LogP contribution < -0.4 is 4.90 Å². The first-order valence-electron chi connectivity index (χ1n) is 22.5. The summed E-state index contributed by atoms with van der Waals surface area (Å²) in [4.78, 5) is 2.67. The van der Waals surface area contributed by atoms with Gasteiger partial charge in [0.1, 0.15) is 0 Å². The summed E-state index contributed by atoms with van der Waals surface area (Å²) in [5, 5.41) is 5.04. The molecule has 3 heterocycles. The summed E-state index contributed by atoms with van der Waals surface area (Å²) in [7, 11) is 0. The van der Waals surface area contributed by atoms with Crippen molar-refractivity contribution in [3.8, 4) is 22.5 Å². The number of allylic oxidation sites excluding steroid dienone is 2. The second kappa shape index (κ2) is 12.5. The molecule has 2 aromatic heterocycles. The third-order valence-electron chi connectivity index (χ3n) is 15.0. The molecule has 1 spiro atoms. The van der Waals surface area contributed by atoms with Crippen molar-refractivity contribution >= 4 is 60.6 Å². The molecule has 64 heavy (non-hydrogen) atoms. The quantitative estimate of drug-likeness (QED) is 0.173. The number of benzene rings is 9. The van der Waals surface area contributed by atoms with Crippen molar-refractivity contribution in [3.05, 3.63) is 258 Å². The lowest BCUT2D eigenvalue weighted by Crippen LogP contribution is -2.32. The van der Waals surface area contributed by atoms with Gasteiger partial charge in [0.15, 0.2) is 0 Å². The van der Waals surface area contributed by atoms with Gasteiger partial charge in [0, 0.05) is 38.8 Å². The van der Waals surface area contributed by atoms with E-state index in [1.807, 2.05) is 0 Å². The molecule has 3 nitrogen and oxygen atoms in total. The van der Waals surface area contributed by atoms with Crippen molar-refractivity contribution < 1.29 is 0 Å². The SMILES string of the molecule is C1=C2C(=CC3c4cc(-n5c6ccccc6c6ccccc65)cc(-n5c6ccccc6c6ccccc65)c4N(c4ccccc4)C13)C1(c3ccccc32)c2ccccc2-c2ccccc21. The van der Waals surface area contributed by atoms with Gasteiger partial charge in [-0.25, -0.2) is 0 Å². The fraction of sp³-hybridized carbons (Fsp3) is 0.0492. The van der Waals surface area contributed by atoms with Crippen LogP contribution in [0.4, 0.5) is 11.4 Å². The van der Waals surface area contributed by atoms with Crippen molar-refractivity contribution in [1.29, 1.82) is 0 Å². The Morgan fingerprint density at radius 3 is 1.39 bits per heavy atom. The van der Waals surface area contributed by atoms with Crippen molar-refractivity contribution in [3.63, 3.8) is 0 Å². The highest BCUT2D eigenvalue weighted by atomic mass is 15.2. The lowest BCUT2D eigenvalue weighted by atomic mass is 9.68. The van der Waals surface area contributed by atoms with Crippen LogP contribution >= 0.6 is 0 Å². The Hall–Kier alpha value is -8.14. The highest BCUT2D eigenvalue weighted by Gasteiger charge is 2.56. The molecule has 0 bridgehead atoms. The molecule has 0 N–H and O–H groups in total. The number of rotatable bonds is 3. The molecule has 4 aliphatic rings. The lowest BCUT2D eigenvalue weighted by Gasteiger charge is -2.35. The fourth-order valence-corrected chi connectivity index (χ4v) is 12.7. The molecule has 0 radical (unpaired) electrons. The molecule has 9 aromatic carbocycles. The molecule has 0 amide bonds. The van der Waals surface area contributed by atoms with Crippen molar-refractivity contribution in [2.24, 2.45) is 0 Å². The third-order valence-corrected chi connectivity index (χ3v) is 15.0. The van der Waals surface area contributed by atoms with Crippen LogP contribution in [0.1, 0.15) is 33.7 Å². The van der Waals surface area contributed by atoms with Crippen LogP contribution in [-0.4, -0.2) is 15.2 Å². The summed E-state index contributed by atoms with van der Waals surface area (Å²) in [5.41, 5.74) is 21.4. The Bertz CT molecular complexity index is 3720. The Kier molecular flexibility index (Phi) is 6.72. The molecule has 0 saturated heterocycles. The van der Waals surface area contributed by atoms with Gasteiger partial charge in [0.25, 0.3) is 0 Å². The summed E-state index contributed by atoms with van der Waals surface area (Å²) >= 11 is 0. The fourth-order valence-electron chi connectivity index (χ4n) is 12.7. The molecule has 3 aliphatic carbocycles. The minimum Gasteiger partial charge on any atom is -0.332 e. The summed E-state index contributed by atoms with van der Waals surface area (Å²) in [5.74, 6) is 0.0416. The van der Waals surface area contributed by atoms with Gasteiger partial charge in [-0.3, -0.25) is 0 Å². The van der Waals surface area contributed by atoms with Crippen molar-refractivity contribution in [2.45, 2.75) is 17.4 Å². The number of fused-ring (bicyclic) bond motifs is 19. The topological polar surface area (TPSA) is 13.1 Å². The van der Waals surface area contributed by atoms with Crippen LogP contribution in [0.3, 0.4) is 0 Å². The van der Waals surface area contributed by atoms with Crippen LogP contribution in [-0.2, 0) is 5.41 Å². The number of aromatic nitrogens is 2. The smallest absolute Gasteiger partial charge is 0.0723 e. The largest absolute Gasteiger partial charge is 0.332 e. The van der Waals surface area contributed by atoms with E-state index in [0.29, 0.717) is 0 Å². The average Bonchev–Trinajstić information content (AvgIpc) is 4.13. The van der Waals surface area contributed by atoms with E-state index in [9.17, 15) is 0 Å². The summed E-state index contributed by atoms with van der Waals surface area (Å²) in [6.45, 7) is 0. The first-order valence-corrected chi connectivity index (χ1v) is 22.5. The molecular weight excluding hydrogens is 775 g/mol. The van der Waals surface area contributed by atoms with E-state index in [4.69, 9.17) is 0 Å². The number of nitrogens with zero attached hydrogens (tertiary/aromatic N) is 3. The highest BCUT2D eigenvalue weighted by Crippen LogP contribution is 2.66. The number of hydrogen-bond acceptors (Lipinski definition) is 1. The first kappa shape index (κ1) is 34.4. The standard InChI is InChI=1S/C61H39N3/c1-2-18-38(19-3-1)63-58-37-47-42-22-6-13-29-52(42)61(50-27-11-4-20-40(50)41-21-5-12-28-51(41)61)53(47)36-48(58)49-34-39(62-54-30-14-7-23-43(54)44-24-8-15-31-55(44)62)35-59(60(49)63)64-56-32-16-9-25-45(56)46-26-10-17-33-57(46)64/h1-37,48,58H. The van der Waals surface area contributed by atoms with Gasteiger partial charge in [-0.15, -0.1) is 0 Å². The van der Waals surface area contributed by atoms with Crippen LogP contribution in [0.15, 0.2) is 230 Å². The Balaban J connectivity index is 1.10. The van der Waals surface area contributed by atoms with Crippen LogP contribution in [0, 0.1) is 0 Å². The van der Waals surface area contributed by atoms with Crippen molar-refractivity contribution in [1.82, 2.24) is 9.13 Å². The summed E-state index contributed by atoms with van der Waals surface area (Å²) in [6, 6.07) is 79.4. The maximum absolute atomic E-state index is 2.70. The molecule has 2 atom stereocenters. The van der Waals surface area contributed by atoms with E-state index < -0.39 is 5.41 Å². The zero-order valence-corrected chi connectivity index (χ0v) is 34.9. The molecular formula is C61H39N3. The van der Waals surface area contributed by atoms with Crippen LogP contribution in [0.5, 0.6) is 0 Å². The maximum Gasteiger partial charge on any atom is 0.0723 e. The minimum atomic E-state index is -0.430. The van der Waals surface area contributed by atoms with E-state index >= 15 is 0 Å². The van der Waals surface area contributed by atoms with Gasteiger partial charge >= 0.3 is 0 Å². The zero-order valence-electron chi connectivity index (χ0n) is 34.9. The zero-order chi connectivity index (χ0) is 41.7. The van der Waals surface area contributed by atoms with Gasteiger partial charge in [-0.2, -0.15) is 0 Å². The number of hydrogen-bond donors (Lipinski definition) is 0. The molecule has 1 aliphatic heterocycles. The predicted octanol–water partition coefficient (Wildman–Crippen LogP) is 14.8. The van der Waals surface area contributed by atoms with E-state index in [0.717, 1.165) is 5.69 Å². The molecule has 11 aromatic rings. The van der Waals surface area contributed by atoms with E-state index in [1.165, 1.54) is 111 Å². The Morgan fingerprint density at radius 1 is 0.375 bits per heavy atom. The molecule has 0 saturated carbocycles. The van der Waals surface area contributed by atoms with E-state index in [-0.39, 0.29) is 12.0 Å². The molecule has 0 fully saturated rings. The molecule has 15 rings (SSSR count). The van der Waals surface area contributed by atoms with Gasteiger partial charge in [0.05, 0.1) is 44.9 Å². The van der Waals surface area contributed by atoms with Gasteiger partial charge < -0.3 is 14.0 Å². The van der Waals surface area contributed by atoms with Gasteiger partial charge in [-0.1, -0.05) is 176 Å². The summed E-state index contributed by atoms with van der Waals surface area (Å²) in [6.07, 6.45) is 5.34. The maximum atomic E-state index is 2.70. The van der Waals surface area contributed by atoms with Gasteiger partial charge in [0.2, 0.25) is 0 Å². The van der Waals surface area contributed by atoms with Gasteiger partial charge in [-0.05, 0) is 98.6 Å². The normalized spacial score (nSPS) is 17.3. The highest BCUT2D eigenvalue weighted by molar-refractivity contribution is 6.12. The predicted molar refractivity (Wildman–Crippen MR) is 264 cm³/mol. The first-order chi connectivity index (χ1) is 31.8. The number of anilines is 2. The Labute approximate surface area is 370 Å². The molecule has 298 valence electrons. The van der Waals surface area contributed by atoms with Crippen LogP contribution in [0.25, 0.3) is 71.7 Å². The minimum absolute atomic E-state index is 0.0199. The Morgan fingerprint density at radius 2 is 0.828 bits per heavy atom. The summed E-state index contributed by atoms with van der Waals surface area (Å²) < 4.78 is 5.06. The molecule has 3 heteroatoms. The number of para-hydroxylation sites is 5. The third kappa shape index (κ3) is 4.22. The monoisotopic (exact) mass is 813 g/mol.